The van der Waals surface area contributed by atoms with E-state index in [1.54, 1.807) is 11.8 Å². The van der Waals surface area contributed by atoms with Crippen LogP contribution in [0.4, 0.5) is 0 Å². The molecule has 0 spiro atoms. The second kappa shape index (κ2) is 3.35. The Morgan fingerprint density at radius 3 is 2.36 bits per heavy atom. The molecule has 11 heavy (non-hydrogen) atoms. The summed E-state index contributed by atoms with van der Waals surface area (Å²) >= 11 is 0. The highest BCUT2D eigenvalue weighted by Gasteiger charge is 2.15. The van der Waals surface area contributed by atoms with Gasteiger partial charge in [-0.2, -0.15) is 0 Å². The van der Waals surface area contributed by atoms with E-state index in [-0.39, 0.29) is 5.91 Å². The van der Waals surface area contributed by atoms with Gasteiger partial charge in [0.25, 0.3) is 0 Å². The normalized spacial score (nSPS) is 17.9. The summed E-state index contributed by atoms with van der Waals surface area (Å²) in [7, 11) is 0. The summed E-state index contributed by atoms with van der Waals surface area (Å²) in [6, 6.07) is 0. The molecule has 0 unspecified atom stereocenters. The van der Waals surface area contributed by atoms with E-state index in [4.69, 9.17) is 0 Å². The van der Waals surface area contributed by atoms with Crippen molar-refractivity contribution < 1.29 is 9.59 Å². The first-order chi connectivity index (χ1) is 5.24. The van der Waals surface area contributed by atoms with Crippen molar-refractivity contribution in [1.29, 1.82) is 0 Å². The summed E-state index contributed by atoms with van der Waals surface area (Å²) in [6.45, 7) is 2.91. The maximum Gasteiger partial charge on any atom is 0.219 e. The lowest BCUT2D eigenvalue weighted by molar-refractivity contribution is -0.129. The Labute approximate surface area is 65.7 Å². The van der Waals surface area contributed by atoms with Crippen LogP contribution >= 0.6 is 0 Å². The minimum atomic E-state index is 0.0925. The van der Waals surface area contributed by atoms with Crippen molar-refractivity contribution in [2.75, 3.05) is 13.1 Å². The number of hydrogen-bond donors (Lipinski definition) is 0. The molecule has 1 aliphatic heterocycles. The van der Waals surface area contributed by atoms with Gasteiger partial charge >= 0.3 is 0 Å². The van der Waals surface area contributed by atoms with Crippen LogP contribution in [0.1, 0.15) is 19.8 Å². The fourth-order valence-corrected chi connectivity index (χ4v) is 1.19. The molecule has 0 bridgehead atoms. The Bertz CT molecular complexity index is 206. The molecule has 3 heteroatoms. The summed E-state index contributed by atoms with van der Waals surface area (Å²) in [5, 5.41) is 0. The number of piperidine rings is 1. The van der Waals surface area contributed by atoms with Crippen molar-refractivity contribution in [3.63, 3.8) is 0 Å². The van der Waals surface area contributed by atoms with Crippen LogP contribution in [0.15, 0.2) is 5.57 Å². The molecule has 0 aromatic heterocycles. The van der Waals surface area contributed by atoms with Crippen molar-refractivity contribution in [1.82, 2.24) is 4.90 Å². The third-order valence-electron chi connectivity index (χ3n) is 1.96. The first-order valence-corrected chi connectivity index (χ1v) is 3.72. The maximum absolute atomic E-state index is 10.8. The molecule has 0 aromatic carbocycles. The van der Waals surface area contributed by atoms with Gasteiger partial charge < -0.3 is 4.90 Å². The van der Waals surface area contributed by atoms with E-state index in [0.29, 0.717) is 25.9 Å². The van der Waals surface area contributed by atoms with E-state index >= 15 is 0 Å². The summed E-state index contributed by atoms with van der Waals surface area (Å²) in [6.07, 6.45) is 1.40. The minimum Gasteiger partial charge on any atom is -0.342 e. The van der Waals surface area contributed by atoms with Gasteiger partial charge in [0.05, 0.1) is 0 Å². The zero-order chi connectivity index (χ0) is 8.27. The molecule has 0 aromatic rings. The lowest BCUT2D eigenvalue weighted by Crippen LogP contribution is -2.34. The lowest BCUT2D eigenvalue weighted by atomic mass is 10.1. The van der Waals surface area contributed by atoms with Gasteiger partial charge in [-0.25, -0.2) is 4.79 Å². The molecule has 60 valence electrons. The molecular formula is C8H11NO2. The van der Waals surface area contributed by atoms with Crippen LogP contribution in [0, 0.1) is 0 Å². The van der Waals surface area contributed by atoms with Crippen LogP contribution in [0.2, 0.25) is 0 Å². The number of hydrogen-bond acceptors (Lipinski definition) is 2. The Morgan fingerprint density at radius 1 is 1.45 bits per heavy atom. The van der Waals surface area contributed by atoms with E-state index in [2.05, 4.69) is 0 Å². The maximum atomic E-state index is 10.8. The van der Waals surface area contributed by atoms with Gasteiger partial charge in [-0.05, 0) is 12.8 Å². The highest BCUT2D eigenvalue weighted by molar-refractivity contribution is 5.73. The van der Waals surface area contributed by atoms with Crippen LogP contribution < -0.4 is 0 Å². The number of likely N-dealkylation sites (tertiary alicyclic amines) is 1. The molecule has 3 nitrogen and oxygen atoms in total. The molecule has 1 aliphatic rings. The third-order valence-corrected chi connectivity index (χ3v) is 1.96. The van der Waals surface area contributed by atoms with Gasteiger partial charge in [-0.3, -0.25) is 4.79 Å². The standard InChI is InChI=1S/C8H11NO2/c1-7(11)9-4-2-8(6-10)3-5-9/h2-5H2,1H3. The summed E-state index contributed by atoms with van der Waals surface area (Å²) in [4.78, 5) is 22.7. The van der Waals surface area contributed by atoms with E-state index in [9.17, 15) is 9.59 Å². The average molecular weight is 153 g/mol. The molecule has 0 N–H and O–H groups in total. The lowest BCUT2D eigenvalue weighted by Gasteiger charge is -2.25. The Morgan fingerprint density at radius 2 is 2.00 bits per heavy atom. The first kappa shape index (κ1) is 8.02. The predicted molar refractivity (Wildman–Crippen MR) is 40.7 cm³/mol. The number of nitrogens with zero attached hydrogens (tertiary/aromatic N) is 1. The summed E-state index contributed by atoms with van der Waals surface area (Å²) in [5.41, 5.74) is 0.808. The zero-order valence-electron chi connectivity index (χ0n) is 6.59. The Kier molecular flexibility index (Phi) is 2.44. The third kappa shape index (κ3) is 1.92. The van der Waals surface area contributed by atoms with E-state index in [0.717, 1.165) is 5.57 Å². The molecule has 1 rings (SSSR count). The molecule has 1 fully saturated rings. The zero-order valence-corrected chi connectivity index (χ0v) is 6.59. The molecule has 0 atom stereocenters. The SMILES string of the molecule is CC(=O)N1CCC(=C=O)CC1. The molecule has 1 heterocycles. The monoisotopic (exact) mass is 153 g/mol. The van der Waals surface area contributed by atoms with Crippen molar-refractivity contribution in [3.8, 4) is 0 Å². The molecule has 0 aliphatic carbocycles. The summed E-state index contributed by atoms with van der Waals surface area (Å²) < 4.78 is 0. The highest BCUT2D eigenvalue weighted by Crippen LogP contribution is 2.12. The van der Waals surface area contributed by atoms with Crippen LogP contribution in [0.25, 0.3) is 0 Å². The largest absolute Gasteiger partial charge is 0.342 e. The predicted octanol–water partition coefficient (Wildman–Crippen LogP) is 0.387. The molecule has 1 amide bonds. The second-order valence-electron chi connectivity index (χ2n) is 2.71. The van der Waals surface area contributed by atoms with E-state index < -0.39 is 0 Å². The fraction of sp³-hybridized carbons (Fsp3) is 0.625. The number of carbonyl (C=O) groups excluding carboxylic acids is 2. The highest BCUT2D eigenvalue weighted by atomic mass is 16.2. The second-order valence-corrected chi connectivity index (χ2v) is 2.71. The van der Waals surface area contributed by atoms with Gasteiger partial charge in [0.2, 0.25) is 5.91 Å². The van der Waals surface area contributed by atoms with Crippen LogP contribution in [0.3, 0.4) is 0 Å². The Balaban J connectivity index is 2.48. The van der Waals surface area contributed by atoms with Crippen molar-refractivity contribution in [2.45, 2.75) is 19.8 Å². The van der Waals surface area contributed by atoms with Crippen LogP contribution in [0.5, 0.6) is 0 Å². The summed E-state index contributed by atoms with van der Waals surface area (Å²) in [5.74, 6) is 1.98. The number of amides is 1. The minimum absolute atomic E-state index is 0.0925. The first-order valence-electron chi connectivity index (χ1n) is 3.72. The van der Waals surface area contributed by atoms with E-state index in [1.165, 1.54) is 0 Å². The molecular weight excluding hydrogens is 142 g/mol. The van der Waals surface area contributed by atoms with Gasteiger partial charge in [-0.15, -0.1) is 0 Å². The van der Waals surface area contributed by atoms with Crippen molar-refractivity contribution in [2.24, 2.45) is 0 Å². The van der Waals surface area contributed by atoms with E-state index in [1.807, 2.05) is 5.94 Å². The topological polar surface area (TPSA) is 37.4 Å². The smallest absolute Gasteiger partial charge is 0.219 e. The molecule has 1 saturated heterocycles. The quantitative estimate of drug-likeness (QED) is 0.472. The Hall–Kier alpha value is -1.08. The van der Waals surface area contributed by atoms with Gasteiger partial charge in [-0.1, -0.05) is 0 Å². The molecule has 0 saturated carbocycles. The van der Waals surface area contributed by atoms with Gasteiger partial charge in [0, 0.05) is 25.6 Å². The van der Waals surface area contributed by atoms with Crippen LogP contribution in [-0.2, 0) is 9.59 Å². The number of rotatable bonds is 0. The van der Waals surface area contributed by atoms with Crippen LogP contribution in [-0.4, -0.2) is 29.8 Å². The van der Waals surface area contributed by atoms with Crippen molar-refractivity contribution in [3.05, 3.63) is 5.57 Å². The van der Waals surface area contributed by atoms with Gasteiger partial charge in [0.1, 0.15) is 5.94 Å². The van der Waals surface area contributed by atoms with Gasteiger partial charge in [0.15, 0.2) is 0 Å². The molecule has 0 radical (unpaired) electrons. The average Bonchev–Trinajstić information content (AvgIpc) is 2.05. The number of carbonyl (C=O) groups is 1. The van der Waals surface area contributed by atoms with Crippen molar-refractivity contribution >= 4 is 11.8 Å². The fourth-order valence-electron chi connectivity index (χ4n) is 1.19.